The molecule has 2 heterocycles. The molecule has 3 aromatic rings. The first-order valence-corrected chi connectivity index (χ1v) is 13.6. The van der Waals surface area contributed by atoms with E-state index in [2.05, 4.69) is 31.0 Å². The second-order valence-electron chi connectivity index (χ2n) is 10.3. The van der Waals surface area contributed by atoms with Gasteiger partial charge in [0.1, 0.15) is 22.8 Å². The fraction of sp³-hybridized carbons (Fsp3) is 0.333. The molecule has 1 aliphatic rings. The summed E-state index contributed by atoms with van der Waals surface area (Å²) in [5, 5.41) is 15.0. The summed E-state index contributed by atoms with van der Waals surface area (Å²) in [7, 11) is 5.22. The summed E-state index contributed by atoms with van der Waals surface area (Å²) < 4.78 is 19.4. The third-order valence-corrected chi connectivity index (χ3v) is 6.80. The van der Waals surface area contributed by atoms with Crippen LogP contribution in [0.3, 0.4) is 0 Å². The lowest BCUT2D eigenvalue weighted by molar-refractivity contribution is -0.111. The first kappa shape index (κ1) is 30.4. The second kappa shape index (κ2) is 14.4. The van der Waals surface area contributed by atoms with Crippen LogP contribution in [0.25, 0.3) is 0 Å². The Bertz CT molecular complexity index is 1430. The second-order valence-corrected chi connectivity index (χ2v) is 10.3. The van der Waals surface area contributed by atoms with Gasteiger partial charge in [-0.3, -0.25) is 24.4 Å². The molecular weight excluding hydrogens is 541 g/mol. The van der Waals surface area contributed by atoms with E-state index in [4.69, 9.17) is 4.74 Å². The van der Waals surface area contributed by atoms with Gasteiger partial charge in [0.25, 0.3) is 11.8 Å². The number of likely N-dealkylation sites (tertiary alicyclic amines) is 1. The third kappa shape index (κ3) is 8.24. The van der Waals surface area contributed by atoms with E-state index in [1.54, 1.807) is 0 Å². The number of nitrogens with one attached hydrogen (secondary N) is 4. The zero-order valence-electron chi connectivity index (χ0n) is 23.9. The van der Waals surface area contributed by atoms with Crippen molar-refractivity contribution in [2.45, 2.75) is 25.4 Å². The molecule has 1 fully saturated rings. The molecular formula is C30H36FN7O4. The van der Waals surface area contributed by atoms with E-state index in [-0.39, 0.29) is 34.6 Å². The molecule has 1 saturated heterocycles. The topological polar surface area (TPSA) is 132 Å². The summed E-state index contributed by atoms with van der Waals surface area (Å²) in [5.74, 6) is -1.99. The Morgan fingerprint density at radius 3 is 2.62 bits per heavy atom. The number of aromatic amines is 1. The highest BCUT2D eigenvalue weighted by atomic mass is 19.1. The Kier molecular flexibility index (Phi) is 10.4. The predicted molar refractivity (Wildman–Crippen MR) is 158 cm³/mol. The molecule has 3 amide bonds. The van der Waals surface area contributed by atoms with Crippen LogP contribution >= 0.6 is 0 Å². The van der Waals surface area contributed by atoms with Gasteiger partial charge < -0.3 is 25.6 Å². The normalized spacial score (nSPS) is 14.2. The monoisotopic (exact) mass is 577 g/mol. The molecule has 42 heavy (non-hydrogen) atoms. The summed E-state index contributed by atoms with van der Waals surface area (Å²) >= 11 is 0. The average Bonchev–Trinajstić information content (AvgIpc) is 3.42. The molecule has 0 spiro atoms. The minimum atomic E-state index is -0.752. The number of anilines is 2. The number of amides is 3. The molecule has 0 unspecified atom stereocenters. The Labute approximate surface area is 244 Å². The van der Waals surface area contributed by atoms with Crippen molar-refractivity contribution in [1.82, 2.24) is 25.3 Å². The van der Waals surface area contributed by atoms with Crippen molar-refractivity contribution in [1.29, 1.82) is 0 Å². The minimum absolute atomic E-state index is 0.0631. The van der Waals surface area contributed by atoms with Crippen molar-refractivity contribution in [3.8, 4) is 5.75 Å². The number of nitrogens with zero attached hydrogens (tertiary/aromatic N) is 3. The number of aromatic nitrogens is 2. The fourth-order valence-electron chi connectivity index (χ4n) is 4.69. The average molecular weight is 578 g/mol. The van der Waals surface area contributed by atoms with Crippen molar-refractivity contribution < 1.29 is 23.5 Å². The van der Waals surface area contributed by atoms with Crippen LogP contribution in [0.15, 0.2) is 60.8 Å². The molecule has 4 N–H and O–H groups in total. The van der Waals surface area contributed by atoms with Crippen molar-refractivity contribution in [2.75, 3.05) is 51.5 Å². The number of rotatable bonds is 11. The number of halogens is 1. The number of H-pyrrole nitrogens is 1. The van der Waals surface area contributed by atoms with Crippen LogP contribution in [0.5, 0.6) is 5.75 Å². The van der Waals surface area contributed by atoms with Crippen LogP contribution in [-0.2, 0) is 11.3 Å². The Morgan fingerprint density at radius 2 is 1.88 bits per heavy atom. The number of hydrogen-bond acceptors (Lipinski definition) is 7. The molecule has 0 bridgehead atoms. The molecule has 0 radical (unpaired) electrons. The van der Waals surface area contributed by atoms with E-state index in [1.807, 2.05) is 49.3 Å². The number of methoxy groups -OCH3 is 1. The van der Waals surface area contributed by atoms with Gasteiger partial charge in [-0.05, 0) is 56.8 Å². The fourth-order valence-corrected chi connectivity index (χ4v) is 4.69. The molecule has 222 valence electrons. The summed E-state index contributed by atoms with van der Waals surface area (Å²) in [6, 6.07) is 11.8. The van der Waals surface area contributed by atoms with Gasteiger partial charge in [0.15, 0.2) is 0 Å². The zero-order chi connectivity index (χ0) is 30.1. The van der Waals surface area contributed by atoms with Gasteiger partial charge in [0.2, 0.25) is 5.91 Å². The van der Waals surface area contributed by atoms with Gasteiger partial charge in [-0.1, -0.05) is 24.3 Å². The number of carbonyl (C=O) groups is 3. The quantitative estimate of drug-likeness (QED) is 0.257. The molecule has 1 aliphatic heterocycles. The molecule has 1 aromatic heterocycles. The van der Waals surface area contributed by atoms with Gasteiger partial charge in [0.05, 0.1) is 19.0 Å². The van der Waals surface area contributed by atoms with Crippen LogP contribution in [0.4, 0.5) is 15.8 Å². The van der Waals surface area contributed by atoms with Crippen LogP contribution in [-0.4, -0.2) is 84.6 Å². The minimum Gasteiger partial charge on any atom is -0.496 e. The summed E-state index contributed by atoms with van der Waals surface area (Å²) in [6.45, 7) is 2.95. The van der Waals surface area contributed by atoms with E-state index in [0.29, 0.717) is 6.54 Å². The van der Waals surface area contributed by atoms with Crippen molar-refractivity contribution in [2.24, 2.45) is 0 Å². The first-order chi connectivity index (χ1) is 20.2. The molecule has 2 aromatic carbocycles. The number of benzene rings is 2. The summed E-state index contributed by atoms with van der Waals surface area (Å²) in [5.41, 5.74) is 1.78. The first-order valence-electron chi connectivity index (χ1n) is 13.6. The van der Waals surface area contributed by atoms with Gasteiger partial charge in [-0.15, -0.1) is 0 Å². The Hall–Kier alpha value is -4.55. The van der Waals surface area contributed by atoms with E-state index < -0.39 is 17.6 Å². The number of carbonyl (C=O) groups excluding carboxylic acids is 3. The standard InChI is InChI=1S/C30H36FN7O4/c1-37(2)14-6-11-26(39)33-22-8-4-7-20(17-22)19-38-15-12-21(13-16-38)34-30(41)28-24(18-32-36-28)35-29(40)27-23(31)9-5-10-25(27)42-3/h4-11,17-18,21H,12-16,19H2,1-3H3,(H,32,36)(H,33,39)(H,34,41)(H,35,40). The lowest BCUT2D eigenvalue weighted by Gasteiger charge is -2.32. The molecule has 4 rings (SSSR count). The van der Waals surface area contributed by atoms with E-state index in [9.17, 15) is 18.8 Å². The van der Waals surface area contributed by atoms with Gasteiger partial charge in [-0.25, -0.2) is 4.39 Å². The smallest absolute Gasteiger partial charge is 0.271 e. The maximum atomic E-state index is 14.3. The number of hydrogen-bond donors (Lipinski definition) is 4. The predicted octanol–water partition coefficient (Wildman–Crippen LogP) is 3.26. The van der Waals surface area contributed by atoms with Crippen LogP contribution < -0.4 is 20.7 Å². The van der Waals surface area contributed by atoms with Crippen molar-refractivity contribution >= 4 is 29.1 Å². The van der Waals surface area contributed by atoms with E-state index in [1.165, 1.54) is 31.5 Å². The maximum Gasteiger partial charge on any atom is 0.271 e. The largest absolute Gasteiger partial charge is 0.496 e. The highest BCUT2D eigenvalue weighted by Gasteiger charge is 2.25. The van der Waals surface area contributed by atoms with E-state index in [0.717, 1.165) is 49.8 Å². The third-order valence-electron chi connectivity index (χ3n) is 6.80. The Morgan fingerprint density at radius 1 is 1.12 bits per heavy atom. The number of piperidine rings is 1. The van der Waals surface area contributed by atoms with Crippen LogP contribution in [0.1, 0.15) is 39.3 Å². The number of likely N-dealkylation sites (N-methyl/N-ethyl adjacent to an activating group) is 1. The molecule has 0 atom stereocenters. The van der Waals surface area contributed by atoms with Gasteiger partial charge in [0, 0.05) is 44.0 Å². The molecule has 12 heteroatoms. The highest BCUT2D eigenvalue weighted by Crippen LogP contribution is 2.24. The zero-order valence-corrected chi connectivity index (χ0v) is 23.9. The maximum absolute atomic E-state index is 14.3. The van der Waals surface area contributed by atoms with Crippen LogP contribution in [0.2, 0.25) is 0 Å². The van der Waals surface area contributed by atoms with Crippen molar-refractivity contribution in [3.63, 3.8) is 0 Å². The SMILES string of the molecule is COc1cccc(F)c1C(=O)Nc1cn[nH]c1C(=O)NC1CCN(Cc2cccc(NC(=O)C=CCN(C)C)c2)CC1. The van der Waals surface area contributed by atoms with E-state index >= 15 is 0 Å². The molecule has 0 aliphatic carbocycles. The lowest BCUT2D eigenvalue weighted by atomic mass is 10.0. The van der Waals surface area contributed by atoms with Gasteiger partial charge in [-0.2, -0.15) is 5.10 Å². The lowest BCUT2D eigenvalue weighted by Crippen LogP contribution is -2.44. The van der Waals surface area contributed by atoms with Crippen molar-refractivity contribution in [3.05, 3.63) is 83.5 Å². The molecule has 0 saturated carbocycles. The summed E-state index contributed by atoms with van der Waals surface area (Å²) in [4.78, 5) is 42.2. The van der Waals surface area contributed by atoms with Gasteiger partial charge >= 0.3 is 0 Å². The highest BCUT2D eigenvalue weighted by molar-refractivity contribution is 6.09. The number of ether oxygens (including phenoxy) is 1. The van der Waals surface area contributed by atoms with Crippen LogP contribution in [0, 0.1) is 5.82 Å². The molecule has 11 nitrogen and oxygen atoms in total. The Balaban J connectivity index is 1.27. The summed E-state index contributed by atoms with van der Waals surface area (Å²) in [6.07, 6.45) is 6.13.